The van der Waals surface area contributed by atoms with Gasteiger partial charge in [-0.05, 0) is 55.2 Å². The molecule has 2 N–H and O–H groups in total. The first-order valence-electron chi connectivity index (χ1n) is 8.27. The first-order chi connectivity index (χ1) is 11.6. The standard InChI is InChI=1S/C19H26N4O/c1-5-9-22-19(20-4)23-13-16-8-10-21-18(12-16)24-17-7-6-14(2)15(3)11-17/h6-8,10-12H,5,9,13H2,1-4H3,(H2,20,22,23). The second kappa shape index (κ2) is 8.91. The van der Waals surface area contributed by atoms with Crippen molar-refractivity contribution in [2.75, 3.05) is 13.6 Å². The number of pyridine rings is 1. The normalized spacial score (nSPS) is 11.2. The molecule has 0 aliphatic carbocycles. The first kappa shape index (κ1) is 17.8. The molecule has 24 heavy (non-hydrogen) atoms. The van der Waals surface area contributed by atoms with Crippen molar-refractivity contribution in [3.63, 3.8) is 0 Å². The molecule has 0 spiro atoms. The zero-order valence-corrected chi connectivity index (χ0v) is 14.9. The van der Waals surface area contributed by atoms with Crippen molar-refractivity contribution in [3.05, 3.63) is 53.2 Å². The van der Waals surface area contributed by atoms with Crippen molar-refractivity contribution in [1.29, 1.82) is 0 Å². The second-order valence-electron chi connectivity index (χ2n) is 5.70. The number of benzene rings is 1. The van der Waals surface area contributed by atoms with E-state index in [1.807, 2.05) is 24.3 Å². The molecule has 0 bridgehead atoms. The fraction of sp³-hybridized carbons (Fsp3) is 0.368. The highest BCUT2D eigenvalue weighted by Gasteiger charge is 2.03. The summed E-state index contributed by atoms with van der Waals surface area (Å²) in [6.07, 6.45) is 2.82. The van der Waals surface area contributed by atoms with Crippen molar-refractivity contribution in [2.45, 2.75) is 33.7 Å². The van der Waals surface area contributed by atoms with Gasteiger partial charge in [-0.25, -0.2) is 4.98 Å². The monoisotopic (exact) mass is 326 g/mol. The molecule has 1 aromatic heterocycles. The summed E-state index contributed by atoms with van der Waals surface area (Å²) >= 11 is 0. The summed E-state index contributed by atoms with van der Waals surface area (Å²) < 4.78 is 5.87. The third-order valence-electron chi connectivity index (χ3n) is 3.73. The molecule has 0 fully saturated rings. The number of aryl methyl sites for hydroxylation is 2. The van der Waals surface area contributed by atoms with Gasteiger partial charge in [0.25, 0.3) is 0 Å². The number of hydrogen-bond donors (Lipinski definition) is 2. The van der Waals surface area contributed by atoms with Crippen molar-refractivity contribution in [1.82, 2.24) is 15.6 Å². The molecule has 1 heterocycles. The Balaban J connectivity index is 1.99. The van der Waals surface area contributed by atoms with Gasteiger partial charge in [0.1, 0.15) is 5.75 Å². The second-order valence-corrected chi connectivity index (χ2v) is 5.70. The highest BCUT2D eigenvalue weighted by atomic mass is 16.5. The van der Waals surface area contributed by atoms with Crippen molar-refractivity contribution in [3.8, 4) is 11.6 Å². The minimum absolute atomic E-state index is 0.592. The van der Waals surface area contributed by atoms with Gasteiger partial charge < -0.3 is 15.4 Å². The Morgan fingerprint density at radius 3 is 2.67 bits per heavy atom. The minimum Gasteiger partial charge on any atom is -0.439 e. The van der Waals surface area contributed by atoms with Crippen LogP contribution in [-0.2, 0) is 6.54 Å². The van der Waals surface area contributed by atoms with Crippen molar-refractivity contribution in [2.24, 2.45) is 4.99 Å². The van der Waals surface area contributed by atoms with Gasteiger partial charge in [0.05, 0.1) is 0 Å². The lowest BCUT2D eigenvalue weighted by Crippen LogP contribution is -2.37. The van der Waals surface area contributed by atoms with Crippen molar-refractivity contribution < 1.29 is 4.74 Å². The SMILES string of the molecule is CCCNC(=NC)NCc1ccnc(Oc2ccc(C)c(C)c2)c1. The third-order valence-corrected chi connectivity index (χ3v) is 3.73. The molecular weight excluding hydrogens is 300 g/mol. The molecule has 2 rings (SSSR count). The van der Waals surface area contributed by atoms with E-state index in [0.717, 1.165) is 30.2 Å². The molecule has 0 aliphatic heterocycles. The molecular formula is C19H26N4O. The Labute approximate surface area is 144 Å². The van der Waals surface area contributed by atoms with E-state index >= 15 is 0 Å². The van der Waals surface area contributed by atoms with E-state index in [0.29, 0.717) is 12.4 Å². The number of nitrogens with zero attached hydrogens (tertiary/aromatic N) is 2. The van der Waals surface area contributed by atoms with Crippen LogP contribution in [0.25, 0.3) is 0 Å². The van der Waals surface area contributed by atoms with Crippen LogP contribution in [0.15, 0.2) is 41.5 Å². The van der Waals surface area contributed by atoms with E-state index < -0.39 is 0 Å². The summed E-state index contributed by atoms with van der Waals surface area (Å²) in [6.45, 7) is 7.85. The van der Waals surface area contributed by atoms with Crippen LogP contribution in [0.4, 0.5) is 0 Å². The molecule has 5 heteroatoms. The molecule has 2 aromatic rings. The van der Waals surface area contributed by atoms with Gasteiger partial charge in [0.15, 0.2) is 5.96 Å². The Hall–Kier alpha value is -2.56. The summed E-state index contributed by atoms with van der Waals surface area (Å²) in [5.74, 6) is 2.19. The fourth-order valence-electron chi connectivity index (χ4n) is 2.16. The Morgan fingerprint density at radius 1 is 1.12 bits per heavy atom. The first-order valence-corrected chi connectivity index (χ1v) is 8.27. The molecule has 0 radical (unpaired) electrons. The van der Waals surface area contributed by atoms with Crippen LogP contribution >= 0.6 is 0 Å². The lowest BCUT2D eigenvalue weighted by Gasteiger charge is -2.12. The summed E-state index contributed by atoms with van der Waals surface area (Å²) in [4.78, 5) is 8.48. The summed E-state index contributed by atoms with van der Waals surface area (Å²) in [7, 11) is 1.77. The lowest BCUT2D eigenvalue weighted by molar-refractivity contribution is 0.461. The number of aliphatic imine (C=N–C) groups is 1. The van der Waals surface area contributed by atoms with Crippen molar-refractivity contribution >= 4 is 5.96 Å². The molecule has 0 unspecified atom stereocenters. The zero-order chi connectivity index (χ0) is 17.4. The summed E-state index contributed by atoms with van der Waals surface area (Å²) in [5, 5.41) is 6.53. The van der Waals surface area contributed by atoms with Crippen LogP contribution in [0.3, 0.4) is 0 Å². The van der Waals surface area contributed by atoms with Crippen LogP contribution in [0, 0.1) is 13.8 Å². The average Bonchev–Trinajstić information content (AvgIpc) is 2.59. The van der Waals surface area contributed by atoms with E-state index in [1.165, 1.54) is 11.1 Å². The summed E-state index contributed by atoms with van der Waals surface area (Å²) in [6, 6.07) is 9.95. The molecule has 0 atom stereocenters. The van der Waals surface area contributed by atoms with Gasteiger partial charge in [-0.1, -0.05) is 13.0 Å². The van der Waals surface area contributed by atoms with Gasteiger partial charge >= 0.3 is 0 Å². The topological polar surface area (TPSA) is 58.5 Å². The van der Waals surface area contributed by atoms with Crippen LogP contribution in [0.2, 0.25) is 0 Å². The van der Waals surface area contributed by atoms with Gasteiger partial charge in [-0.15, -0.1) is 0 Å². The number of hydrogen-bond acceptors (Lipinski definition) is 3. The van der Waals surface area contributed by atoms with E-state index in [9.17, 15) is 0 Å². The van der Waals surface area contributed by atoms with E-state index in [-0.39, 0.29) is 0 Å². The maximum absolute atomic E-state index is 5.87. The quantitative estimate of drug-likeness (QED) is 0.629. The zero-order valence-electron chi connectivity index (χ0n) is 14.9. The maximum Gasteiger partial charge on any atom is 0.219 e. The van der Waals surface area contributed by atoms with Crippen LogP contribution in [-0.4, -0.2) is 24.5 Å². The predicted molar refractivity (Wildman–Crippen MR) is 98.7 cm³/mol. The van der Waals surface area contributed by atoms with Gasteiger partial charge in [-0.2, -0.15) is 0 Å². The number of rotatable bonds is 6. The minimum atomic E-state index is 0.592. The third kappa shape index (κ3) is 5.26. The van der Waals surface area contributed by atoms with Crippen LogP contribution in [0.5, 0.6) is 11.6 Å². The number of ether oxygens (including phenoxy) is 1. The van der Waals surface area contributed by atoms with E-state index in [1.54, 1.807) is 13.2 Å². The number of aromatic nitrogens is 1. The summed E-state index contributed by atoms with van der Waals surface area (Å²) in [5.41, 5.74) is 3.54. The molecule has 5 nitrogen and oxygen atoms in total. The maximum atomic E-state index is 5.87. The lowest BCUT2D eigenvalue weighted by atomic mass is 10.1. The highest BCUT2D eigenvalue weighted by Crippen LogP contribution is 2.22. The van der Waals surface area contributed by atoms with E-state index in [4.69, 9.17) is 4.74 Å². The molecule has 128 valence electrons. The predicted octanol–water partition coefficient (Wildman–Crippen LogP) is 3.57. The molecule has 0 saturated carbocycles. The van der Waals surface area contributed by atoms with Gasteiger partial charge in [0, 0.05) is 32.4 Å². The fourth-order valence-corrected chi connectivity index (χ4v) is 2.16. The average molecular weight is 326 g/mol. The van der Waals surface area contributed by atoms with E-state index in [2.05, 4.69) is 47.4 Å². The smallest absolute Gasteiger partial charge is 0.219 e. The Bertz CT molecular complexity index is 698. The Morgan fingerprint density at radius 2 is 1.96 bits per heavy atom. The number of guanidine groups is 1. The molecule has 0 saturated heterocycles. The number of nitrogens with one attached hydrogen (secondary N) is 2. The largest absolute Gasteiger partial charge is 0.439 e. The molecule has 0 amide bonds. The molecule has 1 aromatic carbocycles. The van der Waals surface area contributed by atoms with Gasteiger partial charge in [0.2, 0.25) is 5.88 Å². The van der Waals surface area contributed by atoms with Crippen LogP contribution < -0.4 is 15.4 Å². The molecule has 0 aliphatic rings. The van der Waals surface area contributed by atoms with Crippen LogP contribution in [0.1, 0.15) is 30.0 Å². The van der Waals surface area contributed by atoms with Gasteiger partial charge in [-0.3, -0.25) is 4.99 Å². The Kier molecular flexibility index (Phi) is 6.61. The highest BCUT2D eigenvalue weighted by molar-refractivity contribution is 5.79.